The van der Waals surface area contributed by atoms with Gasteiger partial charge in [0.25, 0.3) is 0 Å². The molecule has 1 aromatic heterocycles. The van der Waals surface area contributed by atoms with Crippen LogP contribution < -0.4 is 4.90 Å². The van der Waals surface area contributed by atoms with Crippen molar-refractivity contribution in [3.8, 4) is 0 Å². The molecule has 1 amide bonds. The number of hydrogen-bond acceptors (Lipinski definition) is 7. The van der Waals surface area contributed by atoms with Crippen LogP contribution in [0.15, 0.2) is 17.7 Å². The summed E-state index contributed by atoms with van der Waals surface area (Å²) < 4.78 is 40.4. The van der Waals surface area contributed by atoms with Crippen molar-refractivity contribution in [2.45, 2.75) is 84.4 Å². The van der Waals surface area contributed by atoms with Crippen molar-refractivity contribution < 1.29 is 32.7 Å². The number of hydrogen-bond donors (Lipinski definition) is 0. The number of ketones is 1. The molecule has 0 aromatic carbocycles. The van der Waals surface area contributed by atoms with Crippen molar-refractivity contribution in [2.75, 3.05) is 25.2 Å². The Kier molecular flexibility index (Phi) is 6.43. The van der Waals surface area contributed by atoms with Crippen molar-refractivity contribution in [3.05, 3.63) is 27.5 Å². The third kappa shape index (κ3) is 5.39. The summed E-state index contributed by atoms with van der Waals surface area (Å²) in [6.45, 7) is 3.36. The van der Waals surface area contributed by atoms with Crippen LogP contribution in [0.4, 0.5) is 5.69 Å². The number of rotatable bonds is 5. The Labute approximate surface area is 216 Å². The summed E-state index contributed by atoms with van der Waals surface area (Å²) in [5, 5.41) is 0. The molecule has 0 N–H and O–H groups in total. The first kappa shape index (κ1) is 22.2. The van der Waals surface area contributed by atoms with Gasteiger partial charge in [-0.3, -0.25) is 9.59 Å². The number of esters is 1. The number of allylic oxidation sites excluding steroid dienone is 2. The molecule has 2 heterocycles. The van der Waals surface area contributed by atoms with Crippen molar-refractivity contribution in [2.24, 2.45) is 11.3 Å². The van der Waals surface area contributed by atoms with Gasteiger partial charge in [0.1, 0.15) is 4.88 Å². The molecule has 8 heteroatoms. The molecule has 192 valence electrons. The number of nitrogens with zero attached hydrogens (tertiary/aromatic N) is 1. The summed E-state index contributed by atoms with van der Waals surface area (Å²) in [5.41, 5.74) is -0.101. The molecule has 1 aliphatic heterocycles. The summed E-state index contributed by atoms with van der Waals surface area (Å²) in [4.78, 5) is 42.4. The minimum absolute atomic E-state index is 0.0972. The number of ether oxygens (including phenoxy) is 3. The zero-order chi connectivity index (χ0) is 27.9. The molecule has 1 spiro atoms. The monoisotopic (exact) mass is 506 g/mol. The molecule has 0 radical (unpaired) electrons. The lowest BCUT2D eigenvalue weighted by Crippen LogP contribution is -2.49. The smallest absolute Gasteiger partial charge is 0.350 e. The van der Waals surface area contributed by atoms with Gasteiger partial charge in [-0.05, 0) is 45.1 Å². The van der Waals surface area contributed by atoms with Gasteiger partial charge in [-0.1, -0.05) is 32.3 Å². The highest BCUT2D eigenvalue weighted by atomic mass is 32.1. The maximum atomic E-state index is 14.1. The van der Waals surface area contributed by atoms with E-state index < -0.39 is 29.8 Å². The molecule has 4 rings (SSSR count). The number of anilines is 1. The fourth-order valence-corrected chi connectivity index (χ4v) is 6.35. The molecule has 35 heavy (non-hydrogen) atoms. The predicted octanol–water partition coefficient (Wildman–Crippen LogP) is 5.53. The van der Waals surface area contributed by atoms with Gasteiger partial charge in [0, 0.05) is 34.3 Å². The number of Topliss-reactive ketones (excluding diaryl/α,β-unsaturated/α-hetero) is 1. The normalized spacial score (nSPS) is 24.3. The van der Waals surface area contributed by atoms with E-state index in [1.165, 1.54) is 32.6 Å². The standard InChI is InChI=1S/C27H37NO6S/c1-17-6-8-18(9-7-17)24(30)28(19-10-12-27(13-11-19)33-14-15-34-27)20-16-21(23(29)26(2,3)4)35-22(20)25(31)32-5/h6,16,18-19H,7-15H2,1-5H3/t18-/m0/s1/i2D3. The predicted molar refractivity (Wildman–Crippen MR) is 135 cm³/mol. The molecular formula is C27H37NO6S. The number of carbonyl (C=O) groups excluding carboxylic acids is 3. The maximum absolute atomic E-state index is 14.1. The van der Waals surface area contributed by atoms with E-state index in [9.17, 15) is 14.4 Å². The highest BCUT2D eigenvalue weighted by Crippen LogP contribution is 2.43. The minimum Gasteiger partial charge on any atom is -0.465 e. The second kappa shape index (κ2) is 10.1. The van der Waals surface area contributed by atoms with Crippen LogP contribution in [0.25, 0.3) is 0 Å². The zero-order valence-corrected chi connectivity index (χ0v) is 21.8. The SMILES string of the molecule is [2H]C([2H])([2H])C(C)(C)C(=O)c1cc(N(C(=O)[C@H]2CC=C(C)CC2)C2CCC3(CC2)OCCO3)c(C(=O)OC)s1. The Hall–Kier alpha value is -2.03. The second-order valence-corrected chi connectivity index (χ2v) is 11.4. The van der Waals surface area contributed by atoms with E-state index in [4.69, 9.17) is 18.3 Å². The largest absolute Gasteiger partial charge is 0.465 e. The third-order valence-electron chi connectivity index (χ3n) is 7.25. The molecule has 0 bridgehead atoms. The molecule has 2 fully saturated rings. The third-order valence-corrected chi connectivity index (χ3v) is 8.36. The van der Waals surface area contributed by atoms with Gasteiger partial charge in [0.15, 0.2) is 11.6 Å². The first-order chi connectivity index (χ1) is 17.8. The quantitative estimate of drug-likeness (QED) is 0.297. The Bertz CT molecular complexity index is 1110. The van der Waals surface area contributed by atoms with Crippen LogP contribution in [0.3, 0.4) is 0 Å². The Morgan fingerprint density at radius 1 is 1.20 bits per heavy atom. The molecule has 0 unspecified atom stereocenters. The van der Waals surface area contributed by atoms with Crippen LogP contribution in [0.2, 0.25) is 0 Å². The zero-order valence-electron chi connectivity index (χ0n) is 24.0. The van der Waals surface area contributed by atoms with Crippen LogP contribution in [0.1, 0.15) is 96.0 Å². The van der Waals surface area contributed by atoms with Gasteiger partial charge < -0.3 is 19.1 Å². The van der Waals surface area contributed by atoms with Crippen LogP contribution >= 0.6 is 11.3 Å². The summed E-state index contributed by atoms with van der Waals surface area (Å²) in [5.74, 6) is -2.24. The van der Waals surface area contributed by atoms with Gasteiger partial charge >= 0.3 is 5.97 Å². The van der Waals surface area contributed by atoms with Crippen LogP contribution in [-0.2, 0) is 19.0 Å². The number of methoxy groups -OCH3 is 1. The topological polar surface area (TPSA) is 82.1 Å². The Morgan fingerprint density at radius 3 is 2.46 bits per heavy atom. The van der Waals surface area contributed by atoms with E-state index in [2.05, 4.69) is 13.0 Å². The van der Waals surface area contributed by atoms with Crippen LogP contribution in [0, 0.1) is 11.3 Å². The summed E-state index contributed by atoms with van der Waals surface area (Å²) >= 11 is 0.890. The summed E-state index contributed by atoms with van der Waals surface area (Å²) in [7, 11) is 1.25. The number of thiophene rings is 1. The highest BCUT2D eigenvalue weighted by molar-refractivity contribution is 7.16. The van der Waals surface area contributed by atoms with E-state index in [1.807, 2.05) is 0 Å². The van der Waals surface area contributed by atoms with E-state index in [0.29, 0.717) is 57.4 Å². The van der Waals surface area contributed by atoms with E-state index in [0.717, 1.165) is 17.8 Å². The van der Waals surface area contributed by atoms with Crippen LogP contribution in [0.5, 0.6) is 0 Å². The number of carbonyl (C=O) groups is 3. The molecule has 2 aliphatic carbocycles. The van der Waals surface area contributed by atoms with Gasteiger partial charge in [0.2, 0.25) is 5.91 Å². The van der Waals surface area contributed by atoms with Gasteiger partial charge in [0.05, 0.1) is 30.9 Å². The average Bonchev–Trinajstić information content (AvgIpc) is 3.52. The lowest BCUT2D eigenvalue weighted by Gasteiger charge is -2.41. The molecule has 3 aliphatic rings. The van der Waals surface area contributed by atoms with Crippen molar-refractivity contribution in [1.29, 1.82) is 0 Å². The van der Waals surface area contributed by atoms with Crippen molar-refractivity contribution in [1.82, 2.24) is 0 Å². The highest BCUT2D eigenvalue weighted by Gasteiger charge is 2.44. The number of amides is 1. The maximum Gasteiger partial charge on any atom is 0.350 e. The molecule has 1 saturated carbocycles. The van der Waals surface area contributed by atoms with E-state index in [1.54, 1.807) is 4.90 Å². The van der Waals surface area contributed by atoms with Crippen LogP contribution in [-0.4, -0.2) is 49.8 Å². The van der Waals surface area contributed by atoms with Crippen molar-refractivity contribution in [3.63, 3.8) is 0 Å². The molecule has 1 atom stereocenters. The fraction of sp³-hybridized carbons (Fsp3) is 0.667. The lowest BCUT2D eigenvalue weighted by molar-refractivity contribution is -0.179. The molecular weight excluding hydrogens is 466 g/mol. The fourth-order valence-electron chi connectivity index (χ4n) is 5.19. The van der Waals surface area contributed by atoms with E-state index >= 15 is 0 Å². The first-order valence-electron chi connectivity index (χ1n) is 13.8. The van der Waals surface area contributed by atoms with Gasteiger partial charge in [-0.2, -0.15) is 0 Å². The summed E-state index contributed by atoms with van der Waals surface area (Å²) in [6, 6.07) is 1.28. The van der Waals surface area contributed by atoms with Gasteiger partial charge in [-0.25, -0.2) is 4.79 Å². The lowest BCUT2D eigenvalue weighted by atomic mass is 9.85. The molecule has 7 nitrogen and oxygen atoms in total. The van der Waals surface area contributed by atoms with Crippen molar-refractivity contribution >= 4 is 34.7 Å². The molecule has 1 saturated heterocycles. The first-order valence-corrected chi connectivity index (χ1v) is 13.1. The van der Waals surface area contributed by atoms with Gasteiger partial charge in [-0.15, -0.1) is 11.3 Å². The average molecular weight is 507 g/mol. The summed E-state index contributed by atoms with van der Waals surface area (Å²) in [6.07, 6.45) is 6.66. The Morgan fingerprint density at radius 2 is 1.89 bits per heavy atom. The van der Waals surface area contributed by atoms with E-state index in [-0.39, 0.29) is 27.6 Å². The molecule has 1 aromatic rings. The minimum atomic E-state index is -2.54. The Balaban J connectivity index is 1.75. The second-order valence-electron chi connectivity index (χ2n) is 10.3.